The Labute approximate surface area is 202 Å². The summed E-state index contributed by atoms with van der Waals surface area (Å²) < 4.78 is 19.1. The fourth-order valence-corrected chi connectivity index (χ4v) is 6.92. The van der Waals surface area contributed by atoms with Crippen molar-refractivity contribution < 1.29 is 23.8 Å². The SMILES string of the molecule is Cc1cc(F)ccc1C12CC(C(NC(=O)OCC3c4ccccc4-c4ccccc43)C(=O)O)(C1)C2. The van der Waals surface area contributed by atoms with Crippen molar-refractivity contribution in [2.75, 3.05) is 6.61 Å². The molecule has 3 fully saturated rings. The van der Waals surface area contributed by atoms with Crippen molar-refractivity contribution in [3.8, 4) is 11.1 Å². The van der Waals surface area contributed by atoms with E-state index in [0.29, 0.717) is 19.3 Å². The van der Waals surface area contributed by atoms with E-state index in [1.807, 2.05) is 49.4 Å². The van der Waals surface area contributed by atoms with Crippen LogP contribution in [0, 0.1) is 18.2 Å². The summed E-state index contributed by atoms with van der Waals surface area (Å²) in [6, 6.07) is 19.9. The Balaban J connectivity index is 1.13. The summed E-state index contributed by atoms with van der Waals surface area (Å²) in [5.74, 6) is -1.41. The lowest BCUT2D eigenvalue weighted by atomic mass is 9.31. The maximum Gasteiger partial charge on any atom is 0.407 e. The number of rotatable bonds is 6. The van der Waals surface area contributed by atoms with Crippen LogP contribution in [0.1, 0.15) is 47.4 Å². The van der Waals surface area contributed by atoms with E-state index in [0.717, 1.165) is 33.4 Å². The Morgan fingerprint density at radius 3 is 2.20 bits per heavy atom. The van der Waals surface area contributed by atoms with E-state index < -0.39 is 23.5 Å². The van der Waals surface area contributed by atoms with Crippen LogP contribution in [-0.4, -0.2) is 29.8 Å². The lowest BCUT2D eigenvalue weighted by Crippen LogP contribution is -2.73. The molecule has 1 unspecified atom stereocenters. The van der Waals surface area contributed by atoms with Gasteiger partial charge in [-0.05, 0) is 77.1 Å². The first kappa shape index (κ1) is 21.8. The number of hydrogen-bond acceptors (Lipinski definition) is 3. The van der Waals surface area contributed by atoms with Gasteiger partial charge in [0.15, 0.2) is 0 Å². The number of carbonyl (C=O) groups is 2. The fraction of sp³-hybridized carbons (Fsp3) is 0.310. The second-order valence-corrected chi connectivity index (χ2v) is 10.4. The first-order chi connectivity index (χ1) is 16.8. The summed E-state index contributed by atoms with van der Waals surface area (Å²) in [4.78, 5) is 24.9. The van der Waals surface area contributed by atoms with Crippen molar-refractivity contribution >= 4 is 12.1 Å². The third-order valence-corrected chi connectivity index (χ3v) is 8.30. The van der Waals surface area contributed by atoms with Crippen molar-refractivity contribution in [1.29, 1.82) is 0 Å². The van der Waals surface area contributed by atoms with E-state index >= 15 is 0 Å². The lowest BCUT2D eigenvalue weighted by Gasteiger charge is -2.72. The average Bonchev–Trinajstić information content (AvgIpc) is 3.10. The highest BCUT2D eigenvalue weighted by atomic mass is 19.1. The predicted molar refractivity (Wildman–Crippen MR) is 129 cm³/mol. The molecule has 5 nitrogen and oxygen atoms in total. The number of aryl methyl sites for hydroxylation is 1. The van der Waals surface area contributed by atoms with Gasteiger partial charge in [-0.25, -0.2) is 14.0 Å². The maximum atomic E-state index is 13.5. The van der Waals surface area contributed by atoms with Crippen LogP contribution in [0.5, 0.6) is 0 Å². The molecule has 0 spiro atoms. The van der Waals surface area contributed by atoms with Gasteiger partial charge in [0.25, 0.3) is 0 Å². The van der Waals surface area contributed by atoms with Gasteiger partial charge in [-0.1, -0.05) is 54.6 Å². The van der Waals surface area contributed by atoms with Crippen LogP contribution < -0.4 is 5.32 Å². The fourth-order valence-electron chi connectivity index (χ4n) is 6.92. The minimum Gasteiger partial charge on any atom is -0.480 e. The molecule has 1 amide bonds. The molecule has 3 saturated carbocycles. The summed E-state index contributed by atoms with van der Waals surface area (Å²) in [6.07, 6.45) is 1.27. The summed E-state index contributed by atoms with van der Waals surface area (Å²) in [5, 5.41) is 12.6. The number of carboxylic acid groups (broad SMARTS) is 1. The predicted octanol–water partition coefficient (Wildman–Crippen LogP) is 5.55. The van der Waals surface area contributed by atoms with Crippen LogP contribution in [0.4, 0.5) is 9.18 Å². The van der Waals surface area contributed by atoms with Crippen LogP contribution in [0.25, 0.3) is 11.1 Å². The van der Waals surface area contributed by atoms with Gasteiger partial charge in [0.05, 0.1) is 0 Å². The maximum absolute atomic E-state index is 13.5. The van der Waals surface area contributed by atoms with E-state index in [4.69, 9.17) is 4.74 Å². The third-order valence-electron chi connectivity index (χ3n) is 8.30. The van der Waals surface area contributed by atoms with Crippen LogP contribution >= 0.6 is 0 Å². The molecular weight excluding hydrogens is 445 g/mol. The molecule has 6 heteroatoms. The van der Waals surface area contributed by atoms with Crippen LogP contribution in [0.3, 0.4) is 0 Å². The highest BCUT2D eigenvalue weighted by molar-refractivity contribution is 5.82. The Bertz CT molecular complexity index is 1300. The zero-order valence-electron chi connectivity index (χ0n) is 19.4. The molecule has 4 aliphatic rings. The lowest BCUT2D eigenvalue weighted by molar-refractivity contribution is -0.183. The van der Waals surface area contributed by atoms with Crippen LogP contribution in [0.15, 0.2) is 66.7 Å². The molecule has 1 atom stereocenters. The number of ether oxygens (including phenoxy) is 1. The van der Waals surface area contributed by atoms with Gasteiger partial charge >= 0.3 is 12.1 Å². The molecule has 2 N–H and O–H groups in total. The highest BCUT2D eigenvalue weighted by Crippen LogP contribution is 2.75. The number of nitrogens with one attached hydrogen (secondary N) is 1. The number of fused-ring (bicyclic) bond motifs is 3. The summed E-state index contributed by atoms with van der Waals surface area (Å²) in [5.41, 5.74) is 5.83. The monoisotopic (exact) mass is 471 g/mol. The second-order valence-electron chi connectivity index (χ2n) is 10.4. The molecule has 35 heavy (non-hydrogen) atoms. The van der Waals surface area contributed by atoms with Gasteiger partial charge in [0, 0.05) is 11.3 Å². The number of halogens is 1. The zero-order chi connectivity index (χ0) is 24.4. The number of aliphatic carboxylic acids is 1. The topological polar surface area (TPSA) is 75.6 Å². The largest absolute Gasteiger partial charge is 0.480 e. The van der Waals surface area contributed by atoms with E-state index in [9.17, 15) is 19.1 Å². The van der Waals surface area contributed by atoms with Crippen LogP contribution in [0.2, 0.25) is 0 Å². The average molecular weight is 472 g/mol. The highest BCUT2D eigenvalue weighted by Gasteiger charge is 2.72. The number of benzene rings is 3. The molecule has 0 radical (unpaired) electrons. The quantitative estimate of drug-likeness (QED) is 0.494. The normalized spacial score (nSPS) is 24.4. The molecule has 7 rings (SSSR count). The van der Waals surface area contributed by atoms with E-state index in [1.54, 1.807) is 0 Å². The Kier molecular flexibility index (Phi) is 4.78. The molecule has 3 aromatic carbocycles. The summed E-state index contributed by atoms with van der Waals surface area (Å²) in [7, 11) is 0. The molecule has 178 valence electrons. The van der Waals surface area contributed by atoms with Gasteiger partial charge in [-0.2, -0.15) is 0 Å². The number of alkyl carbamates (subject to hydrolysis) is 1. The number of amides is 1. The zero-order valence-corrected chi connectivity index (χ0v) is 19.4. The standard InChI is InChI=1S/C29H26FNO4/c1-17-12-18(30)10-11-24(17)28-14-29(15-28,16-28)25(26(32)33)31-27(34)35-13-23-21-8-4-2-6-19(21)20-7-3-5-9-22(20)23/h2-12,23,25H,13-16H2,1H3,(H,31,34)(H,32,33). The minimum atomic E-state index is -1.05. The second kappa shape index (κ2) is 7.67. The van der Waals surface area contributed by atoms with Gasteiger partial charge in [0.2, 0.25) is 0 Å². The summed E-state index contributed by atoms with van der Waals surface area (Å²) >= 11 is 0. The van der Waals surface area contributed by atoms with Crippen molar-refractivity contribution in [3.05, 3.63) is 94.8 Å². The van der Waals surface area contributed by atoms with Gasteiger partial charge in [0.1, 0.15) is 18.5 Å². The number of carbonyl (C=O) groups excluding carboxylic acids is 1. The third kappa shape index (κ3) is 3.27. The Hall–Kier alpha value is -3.67. The van der Waals surface area contributed by atoms with Crippen LogP contribution in [-0.2, 0) is 14.9 Å². The number of hydrogen-bond donors (Lipinski definition) is 2. The van der Waals surface area contributed by atoms with E-state index in [-0.39, 0.29) is 23.8 Å². The van der Waals surface area contributed by atoms with Gasteiger partial charge < -0.3 is 15.2 Å². The molecule has 0 aliphatic heterocycles. The first-order valence-corrected chi connectivity index (χ1v) is 11.9. The molecule has 3 aromatic rings. The molecule has 0 aromatic heterocycles. The van der Waals surface area contributed by atoms with E-state index in [1.165, 1.54) is 12.1 Å². The van der Waals surface area contributed by atoms with Crippen molar-refractivity contribution in [1.82, 2.24) is 5.32 Å². The van der Waals surface area contributed by atoms with Gasteiger partial charge in [-0.3, -0.25) is 0 Å². The van der Waals surface area contributed by atoms with Gasteiger partial charge in [-0.15, -0.1) is 0 Å². The van der Waals surface area contributed by atoms with Crippen molar-refractivity contribution in [2.24, 2.45) is 5.41 Å². The Morgan fingerprint density at radius 1 is 1.03 bits per heavy atom. The summed E-state index contributed by atoms with van der Waals surface area (Å²) in [6.45, 7) is 2.02. The molecule has 2 bridgehead atoms. The smallest absolute Gasteiger partial charge is 0.407 e. The molecule has 0 heterocycles. The van der Waals surface area contributed by atoms with Crippen molar-refractivity contribution in [3.63, 3.8) is 0 Å². The molecular formula is C29H26FNO4. The first-order valence-electron chi connectivity index (χ1n) is 11.9. The van der Waals surface area contributed by atoms with Crippen molar-refractivity contribution in [2.45, 2.75) is 43.6 Å². The minimum absolute atomic E-state index is 0.0869. The number of carboxylic acids is 1. The Morgan fingerprint density at radius 2 is 1.63 bits per heavy atom. The van der Waals surface area contributed by atoms with E-state index in [2.05, 4.69) is 17.4 Å². The molecule has 4 aliphatic carbocycles. The molecule has 0 saturated heterocycles.